The van der Waals surface area contributed by atoms with Gasteiger partial charge in [0.05, 0.1) is 11.6 Å². The number of carbonyl (C=O) groups is 1. The third-order valence-corrected chi connectivity index (χ3v) is 5.50. The van der Waals surface area contributed by atoms with E-state index in [1.165, 1.54) is 10.4 Å². The third kappa shape index (κ3) is 2.63. The number of hydrogen-bond donors (Lipinski definition) is 0. The van der Waals surface area contributed by atoms with Gasteiger partial charge in [-0.15, -0.1) is 11.3 Å². The van der Waals surface area contributed by atoms with Crippen LogP contribution in [0.1, 0.15) is 38.1 Å². The van der Waals surface area contributed by atoms with Crippen LogP contribution in [0.3, 0.4) is 0 Å². The van der Waals surface area contributed by atoms with Crippen LogP contribution in [-0.2, 0) is 6.42 Å². The molecule has 3 heterocycles. The lowest BCUT2D eigenvalue weighted by Gasteiger charge is -2.36. The molecule has 0 N–H and O–H groups in total. The van der Waals surface area contributed by atoms with Gasteiger partial charge in [0.15, 0.2) is 0 Å². The van der Waals surface area contributed by atoms with E-state index in [4.69, 9.17) is 0 Å². The second-order valence-electron chi connectivity index (χ2n) is 6.05. The molecule has 2 aromatic heterocycles. The van der Waals surface area contributed by atoms with Gasteiger partial charge in [0, 0.05) is 23.3 Å². The van der Waals surface area contributed by atoms with E-state index < -0.39 is 0 Å². The summed E-state index contributed by atoms with van der Waals surface area (Å²) in [7, 11) is 0. The second-order valence-corrected chi connectivity index (χ2v) is 7.05. The molecule has 0 spiro atoms. The Morgan fingerprint density at radius 3 is 2.75 bits per heavy atom. The lowest BCUT2D eigenvalue weighted by Crippen LogP contribution is -2.40. The summed E-state index contributed by atoms with van der Waals surface area (Å²) < 4.78 is 0. The Morgan fingerprint density at radius 2 is 2.00 bits per heavy atom. The monoisotopic (exact) mass is 334 g/mol. The zero-order valence-electron chi connectivity index (χ0n) is 13.5. The van der Waals surface area contributed by atoms with E-state index in [0.29, 0.717) is 5.56 Å². The van der Waals surface area contributed by atoms with E-state index in [2.05, 4.69) is 28.6 Å². The molecule has 1 amide bonds. The highest BCUT2D eigenvalue weighted by Crippen LogP contribution is 2.38. The van der Waals surface area contributed by atoms with Crippen LogP contribution in [0, 0.1) is 6.92 Å². The molecule has 3 aromatic rings. The molecule has 1 aromatic carbocycles. The minimum Gasteiger partial charge on any atom is -0.327 e. The summed E-state index contributed by atoms with van der Waals surface area (Å²) in [4.78, 5) is 20.8. The maximum absolute atomic E-state index is 13.1. The molecule has 0 radical (unpaired) electrons. The van der Waals surface area contributed by atoms with E-state index in [1.54, 1.807) is 17.5 Å². The van der Waals surface area contributed by atoms with Crippen LogP contribution in [0.4, 0.5) is 0 Å². The number of aryl methyl sites for hydroxylation is 1. The Kier molecular flexibility index (Phi) is 3.90. The van der Waals surface area contributed by atoms with Gasteiger partial charge in [-0.25, -0.2) is 0 Å². The van der Waals surface area contributed by atoms with Gasteiger partial charge in [0.2, 0.25) is 0 Å². The quantitative estimate of drug-likeness (QED) is 0.702. The SMILES string of the molecule is Cc1ccc(C(=O)N2CCc3sccc3C2c2ccccc2)cn1. The van der Waals surface area contributed by atoms with Crippen LogP contribution >= 0.6 is 11.3 Å². The van der Waals surface area contributed by atoms with Crippen LogP contribution in [0.15, 0.2) is 60.1 Å². The summed E-state index contributed by atoms with van der Waals surface area (Å²) in [5.41, 5.74) is 3.99. The third-order valence-electron chi connectivity index (χ3n) is 4.50. The Morgan fingerprint density at radius 1 is 1.17 bits per heavy atom. The average Bonchev–Trinajstić information content (AvgIpc) is 3.10. The number of aromatic nitrogens is 1. The van der Waals surface area contributed by atoms with Crippen molar-refractivity contribution in [2.24, 2.45) is 0 Å². The van der Waals surface area contributed by atoms with Gasteiger partial charge in [-0.2, -0.15) is 0 Å². The van der Waals surface area contributed by atoms with Gasteiger partial charge < -0.3 is 4.90 Å². The lowest BCUT2D eigenvalue weighted by molar-refractivity contribution is 0.0695. The highest BCUT2D eigenvalue weighted by atomic mass is 32.1. The minimum atomic E-state index is -0.0185. The number of hydrogen-bond acceptors (Lipinski definition) is 3. The molecule has 4 rings (SSSR count). The fourth-order valence-electron chi connectivity index (χ4n) is 3.29. The van der Waals surface area contributed by atoms with Crippen molar-refractivity contribution in [3.63, 3.8) is 0 Å². The number of nitrogens with zero attached hydrogens (tertiary/aromatic N) is 2. The Bertz CT molecular complexity index is 855. The summed E-state index contributed by atoms with van der Waals surface area (Å²) in [6, 6.07) is 16.2. The fraction of sp³-hybridized carbons (Fsp3) is 0.200. The molecule has 0 bridgehead atoms. The topological polar surface area (TPSA) is 33.2 Å². The van der Waals surface area contributed by atoms with Crippen molar-refractivity contribution in [1.29, 1.82) is 0 Å². The standard InChI is InChI=1S/C20H18N2OS/c1-14-7-8-16(13-21-14)20(23)22-11-9-18-17(10-12-24-18)19(22)15-5-3-2-4-6-15/h2-8,10,12-13,19H,9,11H2,1H3. The summed E-state index contributed by atoms with van der Waals surface area (Å²) in [5, 5.41) is 2.13. The molecule has 120 valence electrons. The summed E-state index contributed by atoms with van der Waals surface area (Å²) >= 11 is 1.78. The van der Waals surface area contributed by atoms with Crippen molar-refractivity contribution in [3.8, 4) is 0 Å². The number of amides is 1. The summed E-state index contributed by atoms with van der Waals surface area (Å²) in [6.45, 7) is 2.67. The second kappa shape index (κ2) is 6.21. The van der Waals surface area contributed by atoms with Crippen molar-refractivity contribution in [1.82, 2.24) is 9.88 Å². The van der Waals surface area contributed by atoms with Crippen LogP contribution in [0.25, 0.3) is 0 Å². The van der Waals surface area contributed by atoms with Gasteiger partial charge in [0.25, 0.3) is 5.91 Å². The molecule has 3 nitrogen and oxygen atoms in total. The summed E-state index contributed by atoms with van der Waals surface area (Å²) in [5.74, 6) is 0.0493. The average molecular weight is 334 g/mol. The highest BCUT2D eigenvalue weighted by molar-refractivity contribution is 7.10. The first kappa shape index (κ1) is 15.1. The molecule has 1 aliphatic rings. The van der Waals surface area contributed by atoms with Crippen LogP contribution in [0.5, 0.6) is 0 Å². The predicted octanol–water partition coefficient (Wildman–Crippen LogP) is 4.24. The molecular weight excluding hydrogens is 316 g/mol. The van der Waals surface area contributed by atoms with Gasteiger partial charge in [-0.3, -0.25) is 9.78 Å². The Labute approximate surface area is 145 Å². The highest BCUT2D eigenvalue weighted by Gasteiger charge is 2.33. The van der Waals surface area contributed by atoms with Crippen LogP contribution in [-0.4, -0.2) is 22.3 Å². The predicted molar refractivity (Wildman–Crippen MR) is 96.3 cm³/mol. The normalized spacial score (nSPS) is 16.7. The van der Waals surface area contributed by atoms with E-state index in [-0.39, 0.29) is 11.9 Å². The van der Waals surface area contributed by atoms with E-state index in [0.717, 1.165) is 24.2 Å². The van der Waals surface area contributed by atoms with Crippen molar-refractivity contribution in [2.75, 3.05) is 6.54 Å². The van der Waals surface area contributed by atoms with Gasteiger partial charge >= 0.3 is 0 Å². The van der Waals surface area contributed by atoms with Gasteiger partial charge in [-0.1, -0.05) is 30.3 Å². The van der Waals surface area contributed by atoms with Crippen molar-refractivity contribution < 1.29 is 4.79 Å². The minimum absolute atomic E-state index is 0.0185. The van der Waals surface area contributed by atoms with Crippen LogP contribution < -0.4 is 0 Å². The number of fused-ring (bicyclic) bond motifs is 1. The molecule has 0 saturated heterocycles. The van der Waals surface area contributed by atoms with Gasteiger partial charge in [0.1, 0.15) is 0 Å². The molecule has 0 aliphatic carbocycles. The zero-order chi connectivity index (χ0) is 16.5. The first-order chi connectivity index (χ1) is 11.7. The first-order valence-electron chi connectivity index (χ1n) is 8.09. The Balaban J connectivity index is 1.76. The molecule has 1 atom stereocenters. The molecule has 0 saturated carbocycles. The van der Waals surface area contributed by atoms with E-state index in [1.807, 2.05) is 42.2 Å². The number of carbonyl (C=O) groups excluding carboxylic acids is 1. The molecule has 1 unspecified atom stereocenters. The molecule has 4 heteroatoms. The number of thiophene rings is 1. The molecule has 1 aliphatic heterocycles. The van der Waals surface area contributed by atoms with Crippen molar-refractivity contribution in [2.45, 2.75) is 19.4 Å². The number of benzene rings is 1. The smallest absolute Gasteiger partial charge is 0.256 e. The number of pyridine rings is 1. The lowest BCUT2D eigenvalue weighted by atomic mass is 9.92. The molecule has 0 fully saturated rings. The van der Waals surface area contributed by atoms with Crippen molar-refractivity contribution in [3.05, 3.63) is 87.4 Å². The molecular formula is C20H18N2OS. The number of rotatable bonds is 2. The maximum Gasteiger partial charge on any atom is 0.256 e. The molecule has 24 heavy (non-hydrogen) atoms. The van der Waals surface area contributed by atoms with E-state index in [9.17, 15) is 4.79 Å². The largest absolute Gasteiger partial charge is 0.327 e. The van der Waals surface area contributed by atoms with E-state index >= 15 is 0 Å². The Hall–Kier alpha value is -2.46. The first-order valence-corrected chi connectivity index (χ1v) is 8.97. The van der Waals surface area contributed by atoms with Gasteiger partial charge in [-0.05, 0) is 48.1 Å². The van der Waals surface area contributed by atoms with Crippen LogP contribution in [0.2, 0.25) is 0 Å². The maximum atomic E-state index is 13.1. The fourth-order valence-corrected chi connectivity index (χ4v) is 4.19. The van der Waals surface area contributed by atoms with Crippen molar-refractivity contribution >= 4 is 17.2 Å². The zero-order valence-corrected chi connectivity index (χ0v) is 14.3. The summed E-state index contributed by atoms with van der Waals surface area (Å²) in [6.07, 6.45) is 2.60.